The van der Waals surface area contributed by atoms with Crippen molar-refractivity contribution in [1.29, 1.82) is 0 Å². The lowest BCUT2D eigenvalue weighted by Gasteiger charge is -2.33. The normalized spacial score (nSPS) is 19.7. The van der Waals surface area contributed by atoms with Gasteiger partial charge in [-0.05, 0) is 84.5 Å². The molecule has 2 amide bonds. The van der Waals surface area contributed by atoms with E-state index in [1.807, 2.05) is 39.8 Å². The van der Waals surface area contributed by atoms with Crippen molar-refractivity contribution in [3.63, 3.8) is 0 Å². The number of carbonyl (C=O) groups is 2. The third kappa shape index (κ3) is 6.49. The predicted molar refractivity (Wildman–Crippen MR) is 115 cm³/mol. The number of likely N-dealkylation sites (tertiary alicyclic amines) is 2. The monoisotopic (exact) mass is 419 g/mol. The zero-order valence-electron chi connectivity index (χ0n) is 18.9. The number of ether oxygens (including phenoxy) is 1. The molecule has 0 saturated carbocycles. The fraction of sp³-hybridized carbons (Fsp3) is 0.739. The minimum absolute atomic E-state index is 0.0817. The summed E-state index contributed by atoms with van der Waals surface area (Å²) in [6.07, 6.45) is 4.30. The van der Waals surface area contributed by atoms with E-state index in [0.29, 0.717) is 32.0 Å². The quantitative estimate of drug-likeness (QED) is 0.757. The van der Waals surface area contributed by atoms with Gasteiger partial charge in [0.25, 0.3) is 0 Å². The Morgan fingerprint density at radius 3 is 2.40 bits per heavy atom. The Kier molecular flexibility index (Phi) is 7.45. The van der Waals surface area contributed by atoms with Gasteiger partial charge >= 0.3 is 6.09 Å². The van der Waals surface area contributed by atoms with Crippen molar-refractivity contribution in [3.8, 4) is 0 Å². The molecule has 168 valence electrons. The summed E-state index contributed by atoms with van der Waals surface area (Å²) in [5.41, 5.74) is -0.480. The van der Waals surface area contributed by atoms with Crippen LogP contribution in [0.4, 0.5) is 4.79 Å². The summed E-state index contributed by atoms with van der Waals surface area (Å²) in [5, 5.41) is 3.13. The maximum Gasteiger partial charge on any atom is 0.410 e. The van der Waals surface area contributed by atoms with E-state index in [9.17, 15) is 9.59 Å². The molecule has 1 aromatic heterocycles. The Balaban J connectivity index is 1.44. The van der Waals surface area contributed by atoms with Crippen molar-refractivity contribution < 1.29 is 18.7 Å². The number of hydrogen-bond acceptors (Lipinski definition) is 5. The number of carbonyl (C=O) groups excluding carboxylic acids is 2. The Bertz CT molecular complexity index is 710. The van der Waals surface area contributed by atoms with Crippen LogP contribution in [-0.4, -0.2) is 60.1 Å². The fourth-order valence-electron chi connectivity index (χ4n) is 4.29. The number of nitrogens with one attached hydrogen (secondary N) is 1. The van der Waals surface area contributed by atoms with Gasteiger partial charge in [0.05, 0.1) is 6.04 Å². The molecule has 0 aromatic carbocycles. The summed E-state index contributed by atoms with van der Waals surface area (Å²) in [5.74, 6) is 2.22. The minimum atomic E-state index is -0.480. The molecule has 7 heteroatoms. The van der Waals surface area contributed by atoms with Crippen LogP contribution in [0.25, 0.3) is 0 Å². The van der Waals surface area contributed by atoms with Gasteiger partial charge in [-0.25, -0.2) is 4.79 Å². The molecule has 2 aliphatic rings. The number of amides is 2. The molecule has 2 saturated heterocycles. The van der Waals surface area contributed by atoms with Gasteiger partial charge in [-0.15, -0.1) is 0 Å². The first kappa shape index (κ1) is 22.7. The third-order valence-corrected chi connectivity index (χ3v) is 5.90. The molecule has 1 unspecified atom stereocenters. The first-order chi connectivity index (χ1) is 14.2. The highest BCUT2D eigenvalue weighted by Gasteiger charge is 2.29. The third-order valence-electron chi connectivity index (χ3n) is 5.90. The predicted octanol–water partition coefficient (Wildman–Crippen LogP) is 3.88. The standard InChI is InChI=1S/C23H37N3O4/c1-17-7-8-20(29-17)19(25-11-5-6-12-25)16-24-21(27)15-18-9-13-26(14-10-18)22(28)30-23(2,3)4/h7-8,18-19H,5-6,9-16H2,1-4H3,(H,24,27). The smallest absolute Gasteiger partial charge is 0.410 e. The lowest BCUT2D eigenvalue weighted by atomic mass is 9.93. The number of piperidine rings is 1. The first-order valence-electron chi connectivity index (χ1n) is 11.3. The average Bonchev–Trinajstić information content (AvgIpc) is 3.33. The SMILES string of the molecule is Cc1ccc(C(CNC(=O)CC2CCN(C(=O)OC(C)(C)C)CC2)N2CCCC2)o1. The lowest BCUT2D eigenvalue weighted by molar-refractivity contribution is -0.122. The fourth-order valence-corrected chi connectivity index (χ4v) is 4.29. The van der Waals surface area contributed by atoms with Gasteiger partial charge in [-0.2, -0.15) is 0 Å². The summed E-state index contributed by atoms with van der Waals surface area (Å²) < 4.78 is 11.3. The molecule has 1 N–H and O–H groups in total. The summed E-state index contributed by atoms with van der Waals surface area (Å²) in [6, 6.07) is 4.11. The maximum absolute atomic E-state index is 12.6. The Morgan fingerprint density at radius 1 is 1.17 bits per heavy atom. The summed E-state index contributed by atoms with van der Waals surface area (Å²) in [4.78, 5) is 29.0. The molecule has 0 radical (unpaired) electrons. The maximum atomic E-state index is 12.6. The molecule has 0 bridgehead atoms. The van der Waals surface area contributed by atoms with Crippen molar-refractivity contribution >= 4 is 12.0 Å². The van der Waals surface area contributed by atoms with E-state index >= 15 is 0 Å². The van der Waals surface area contributed by atoms with Crippen molar-refractivity contribution in [2.45, 2.75) is 71.4 Å². The van der Waals surface area contributed by atoms with Crippen LogP contribution in [-0.2, 0) is 9.53 Å². The van der Waals surface area contributed by atoms with E-state index in [1.54, 1.807) is 4.90 Å². The second-order valence-corrected chi connectivity index (χ2v) is 9.63. The molecule has 0 aliphatic carbocycles. The van der Waals surface area contributed by atoms with Crippen molar-refractivity contribution in [1.82, 2.24) is 15.1 Å². The van der Waals surface area contributed by atoms with Gasteiger partial charge < -0.3 is 19.4 Å². The molecule has 3 rings (SSSR count). The molecular weight excluding hydrogens is 382 g/mol. The van der Waals surface area contributed by atoms with Crippen LogP contribution in [0.1, 0.15) is 70.4 Å². The van der Waals surface area contributed by atoms with E-state index in [-0.39, 0.29) is 18.0 Å². The van der Waals surface area contributed by atoms with Crippen LogP contribution < -0.4 is 5.32 Å². The molecule has 3 heterocycles. The Morgan fingerprint density at radius 2 is 1.83 bits per heavy atom. The lowest BCUT2D eigenvalue weighted by Crippen LogP contribution is -2.42. The van der Waals surface area contributed by atoms with Gasteiger partial charge in [0.2, 0.25) is 5.91 Å². The number of furan rings is 1. The van der Waals surface area contributed by atoms with E-state index < -0.39 is 5.60 Å². The highest BCUT2D eigenvalue weighted by Crippen LogP contribution is 2.27. The second-order valence-electron chi connectivity index (χ2n) is 9.63. The van der Waals surface area contributed by atoms with Crippen molar-refractivity contribution in [3.05, 3.63) is 23.7 Å². The van der Waals surface area contributed by atoms with Crippen molar-refractivity contribution in [2.24, 2.45) is 5.92 Å². The molecule has 2 fully saturated rings. The van der Waals surface area contributed by atoms with Crippen LogP contribution >= 0.6 is 0 Å². The largest absolute Gasteiger partial charge is 0.465 e. The number of rotatable bonds is 6. The number of nitrogens with zero attached hydrogens (tertiary/aromatic N) is 2. The van der Waals surface area contributed by atoms with Gasteiger partial charge in [-0.3, -0.25) is 9.69 Å². The molecule has 0 spiro atoms. The Hall–Kier alpha value is -2.02. The summed E-state index contributed by atoms with van der Waals surface area (Å²) in [6.45, 7) is 11.5. The summed E-state index contributed by atoms with van der Waals surface area (Å²) in [7, 11) is 0. The highest BCUT2D eigenvalue weighted by atomic mass is 16.6. The zero-order valence-corrected chi connectivity index (χ0v) is 18.9. The van der Waals surface area contributed by atoms with Crippen molar-refractivity contribution in [2.75, 3.05) is 32.7 Å². The Labute approximate surface area is 180 Å². The van der Waals surface area contributed by atoms with Gasteiger partial charge in [-0.1, -0.05) is 0 Å². The van der Waals surface area contributed by atoms with E-state index in [4.69, 9.17) is 9.15 Å². The van der Waals surface area contributed by atoms with Crippen LogP contribution in [0.15, 0.2) is 16.5 Å². The molecule has 1 atom stereocenters. The van der Waals surface area contributed by atoms with Gasteiger partial charge in [0, 0.05) is 26.1 Å². The van der Waals surface area contributed by atoms with Gasteiger partial charge in [0.1, 0.15) is 17.1 Å². The summed E-state index contributed by atoms with van der Waals surface area (Å²) >= 11 is 0. The van der Waals surface area contributed by atoms with Crippen LogP contribution in [0.5, 0.6) is 0 Å². The minimum Gasteiger partial charge on any atom is -0.465 e. The molecule has 1 aromatic rings. The zero-order chi connectivity index (χ0) is 21.7. The van der Waals surface area contributed by atoms with Gasteiger partial charge in [0.15, 0.2) is 0 Å². The van der Waals surface area contributed by atoms with Crippen LogP contribution in [0.2, 0.25) is 0 Å². The van der Waals surface area contributed by atoms with Crippen LogP contribution in [0.3, 0.4) is 0 Å². The molecule has 2 aliphatic heterocycles. The highest BCUT2D eigenvalue weighted by molar-refractivity contribution is 5.76. The topological polar surface area (TPSA) is 75.0 Å². The van der Waals surface area contributed by atoms with E-state index in [1.165, 1.54) is 12.8 Å². The molecular formula is C23H37N3O4. The van der Waals surface area contributed by atoms with Crippen LogP contribution in [0, 0.1) is 12.8 Å². The molecule has 30 heavy (non-hydrogen) atoms. The number of hydrogen-bond donors (Lipinski definition) is 1. The van der Waals surface area contributed by atoms with E-state index in [2.05, 4.69) is 10.2 Å². The average molecular weight is 420 g/mol. The second kappa shape index (κ2) is 9.86. The molecule has 7 nitrogen and oxygen atoms in total. The number of aryl methyl sites for hydroxylation is 1. The van der Waals surface area contributed by atoms with E-state index in [0.717, 1.165) is 37.5 Å². The first-order valence-corrected chi connectivity index (χ1v) is 11.3.